The molecule has 6 nitrogen and oxygen atoms in total. The molecule has 0 aromatic rings. The van der Waals surface area contributed by atoms with Crippen LogP contribution in [0.25, 0.3) is 0 Å². The van der Waals surface area contributed by atoms with Crippen LogP contribution in [-0.2, 0) is 23.4 Å². The summed E-state index contributed by atoms with van der Waals surface area (Å²) >= 11 is 0. The van der Waals surface area contributed by atoms with Gasteiger partial charge in [-0.2, -0.15) is 0 Å². The molecule has 0 unspecified atom stereocenters. The van der Waals surface area contributed by atoms with Gasteiger partial charge in [0.05, 0.1) is 12.7 Å². The summed E-state index contributed by atoms with van der Waals surface area (Å²) in [6.45, 7) is 19.0. The number of fused-ring (bicyclic) bond motifs is 2. The normalized spacial score (nSPS) is 41.8. The van der Waals surface area contributed by atoms with Gasteiger partial charge in [0.25, 0.3) is 0 Å². The molecule has 2 heterocycles. The highest BCUT2D eigenvalue weighted by atomic mass is 28.4. The average Bonchev–Trinajstić information content (AvgIpc) is 2.88. The first-order chi connectivity index (χ1) is 11.6. The third-order valence-electron chi connectivity index (χ3n) is 6.28. The molecule has 0 radical (unpaired) electrons. The number of aliphatic hydroxyl groups is 1. The summed E-state index contributed by atoms with van der Waals surface area (Å²) in [6, 6.07) is 0. The van der Waals surface area contributed by atoms with Crippen LogP contribution in [0.2, 0.25) is 18.1 Å². The maximum Gasteiger partial charge on any atom is 0.192 e. The average molecular weight is 389 g/mol. The Morgan fingerprint density at radius 3 is 2.23 bits per heavy atom. The molecular formula is C19H36O6Si. The smallest absolute Gasteiger partial charge is 0.192 e. The van der Waals surface area contributed by atoms with E-state index in [1.807, 2.05) is 27.7 Å². The number of ether oxygens (including phenoxy) is 4. The number of hydrogen-bond acceptors (Lipinski definition) is 6. The van der Waals surface area contributed by atoms with Gasteiger partial charge in [0, 0.05) is 6.42 Å². The fourth-order valence-electron chi connectivity index (χ4n) is 4.04. The molecule has 0 aromatic carbocycles. The Kier molecular flexibility index (Phi) is 4.77. The number of aliphatic hydroxyl groups excluding tert-OH is 1. The van der Waals surface area contributed by atoms with Crippen LogP contribution in [0.1, 0.15) is 54.9 Å². The van der Waals surface area contributed by atoms with Crippen LogP contribution in [0.4, 0.5) is 0 Å². The van der Waals surface area contributed by atoms with E-state index in [-0.39, 0.29) is 11.1 Å². The van der Waals surface area contributed by atoms with Crippen molar-refractivity contribution in [2.24, 2.45) is 0 Å². The minimum atomic E-state index is -1.97. The van der Waals surface area contributed by atoms with E-state index < -0.39 is 43.8 Å². The predicted octanol–water partition coefficient (Wildman–Crippen LogP) is 3.18. The summed E-state index contributed by atoms with van der Waals surface area (Å²) in [7, 11) is -1.97. The lowest BCUT2D eigenvalue weighted by Gasteiger charge is -2.46. The summed E-state index contributed by atoms with van der Waals surface area (Å²) in [4.78, 5) is 0. The zero-order chi connectivity index (χ0) is 19.8. The molecule has 1 N–H and O–H groups in total. The van der Waals surface area contributed by atoms with Crippen molar-refractivity contribution in [1.29, 1.82) is 0 Å². The highest BCUT2D eigenvalue weighted by Gasteiger charge is 2.66. The second kappa shape index (κ2) is 5.99. The second-order valence-corrected chi connectivity index (χ2v) is 15.3. The van der Waals surface area contributed by atoms with E-state index >= 15 is 0 Å². The number of hydrogen-bond donors (Lipinski definition) is 1. The van der Waals surface area contributed by atoms with Crippen LogP contribution in [0.15, 0.2) is 0 Å². The Bertz CT molecular complexity index is 555. The molecule has 26 heavy (non-hydrogen) atoms. The molecule has 1 aliphatic carbocycles. The van der Waals surface area contributed by atoms with Gasteiger partial charge in [-0.15, -0.1) is 0 Å². The molecular weight excluding hydrogens is 352 g/mol. The Morgan fingerprint density at radius 1 is 1.04 bits per heavy atom. The van der Waals surface area contributed by atoms with E-state index in [2.05, 4.69) is 33.9 Å². The van der Waals surface area contributed by atoms with Crippen LogP contribution < -0.4 is 0 Å². The summed E-state index contributed by atoms with van der Waals surface area (Å²) in [5.74, 6) is -1.50. The van der Waals surface area contributed by atoms with Gasteiger partial charge in [-0.3, -0.25) is 0 Å². The molecule has 2 saturated heterocycles. The molecule has 0 bridgehead atoms. The zero-order valence-corrected chi connectivity index (χ0v) is 18.7. The standard InChI is InChI=1S/C19H36O6Si/c1-16(2,3)26(8,9)21-11-19-10-12-14(23-17(4,5)22-12)13(20)15(19)24-18(6,7)25-19/h12-15,20H,10-11H2,1-9H3/t12-,13-,14-,15+,19+/m1/s1. The van der Waals surface area contributed by atoms with Gasteiger partial charge < -0.3 is 28.5 Å². The lowest BCUT2D eigenvalue weighted by molar-refractivity contribution is -0.184. The molecule has 152 valence electrons. The molecule has 3 aliphatic rings. The fourth-order valence-corrected chi connectivity index (χ4v) is 5.07. The minimum Gasteiger partial charge on any atom is -0.414 e. The SMILES string of the molecule is CC1(C)O[C@H]2[C@@H](O)[C@@H]3OC(C)(C)O[C@]3(CO[Si](C)(C)C(C)(C)C)C[C@H]2O1. The van der Waals surface area contributed by atoms with Crippen molar-refractivity contribution < 1.29 is 28.5 Å². The van der Waals surface area contributed by atoms with Gasteiger partial charge in [-0.05, 0) is 45.8 Å². The van der Waals surface area contributed by atoms with Crippen LogP contribution in [0.3, 0.4) is 0 Å². The van der Waals surface area contributed by atoms with E-state index in [0.717, 1.165) is 0 Å². The van der Waals surface area contributed by atoms with Crippen LogP contribution in [0, 0.1) is 0 Å². The maximum absolute atomic E-state index is 11.0. The molecule has 0 aromatic heterocycles. The van der Waals surface area contributed by atoms with Gasteiger partial charge >= 0.3 is 0 Å². The highest BCUT2D eigenvalue weighted by Crippen LogP contribution is 2.50. The van der Waals surface area contributed by atoms with E-state index in [1.165, 1.54) is 0 Å². The van der Waals surface area contributed by atoms with Gasteiger partial charge in [0.1, 0.15) is 23.9 Å². The first kappa shape index (κ1) is 20.7. The zero-order valence-electron chi connectivity index (χ0n) is 17.7. The number of rotatable bonds is 3. The Balaban J connectivity index is 1.87. The van der Waals surface area contributed by atoms with Crippen molar-refractivity contribution in [3.05, 3.63) is 0 Å². The van der Waals surface area contributed by atoms with E-state index in [0.29, 0.717) is 13.0 Å². The van der Waals surface area contributed by atoms with Gasteiger partial charge in [-0.25, -0.2) is 0 Å². The van der Waals surface area contributed by atoms with Crippen molar-refractivity contribution in [2.45, 2.75) is 115 Å². The lowest BCUT2D eigenvalue weighted by atomic mass is 9.78. The fraction of sp³-hybridized carbons (Fsp3) is 1.00. The van der Waals surface area contributed by atoms with Crippen molar-refractivity contribution >= 4 is 8.32 Å². The molecule has 7 heteroatoms. The second-order valence-electron chi connectivity index (χ2n) is 10.5. The third kappa shape index (κ3) is 3.52. The van der Waals surface area contributed by atoms with E-state index in [9.17, 15) is 5.11 Å². The minimum absolute atomic E-state index is 0.0961. The maximum atomic E-state index is 11.0. The lowest BCUT2D eigenvalue weighted by Crippen LogP contribution is -2.63. The summed E-state index contributed by atoms with van der Waals surface area (Å²) in [5, 5.41) is 11.1. The van der Waals surface area contributed by atoms with Crippen LogP contribution >= 0.6 is 0 Å². The molecule has 0 amide bonds. The van der Waals surface area contributed by atoms with E-state index in [1.54, 1.807) is 0 Å². The van der Waals surface area contributed by atoms with Crippen molar-refractivity contribution in [2.75, 3.05) is 6.61 Å². The molecule has 3 rings (SSSR count). The van der Waals surface area contributed by atoms with Gasteiger partial charge in [0.2, 0.25) is 0 Å². The van der Waals surface area contributed by atoms with Crippen LogP contribution in [0.5, 0.6) is 0 Å². The first-order valence-electron chi connectivity index (χ1n) is 9.63. The molecule has 3 fully saturated rings. The quantitative estimate of drug-likeness (QED) is 0.749. The largest absolute Gasteiger partial charge is 0.414 e. The molecule has 2 aliphatic heterocycles. The van der Waals surface area contributed by atoms with Gasteiger partial charge in [0.15, 0.2) is 19.9 Å². The highest BCUT2D eigenvalue weighted by molar-refractivity contribution is 6.74. The summed E-state index contributed by atoms with van der Waals surface area (Å²) in [6.07, 6.45) is -1.38. The molecule has 1 saturated carbocycles. The topological polar surface area (TPSA) is 66.4 Å². The predicted molar refractivity (Wildman–Crippen MR) is 100 cm³/mol. The van der Waals surface area contributed by atoms with Gasteiger partial charge in [-0.1, -0.05) is 20.8 Å². The summed E-state index contributed by atoms with van der Waals surface area (Å²) < 4.78 is 31.0. The summed E-state index contributed by atoms with van der Waals surface area (Å²) in [5.41, 5.74) is -0.733. The Hall–Kier alpha value is -0.0231. The Morgan fingerprint density at radius 2 is 1.65 bits per heavy atom. The van der Waals surface area contributed by atoms with Crippen molar-refractivity contribution in [1.82, 2.24) is 0 Å². The monoisotopic (exact) mass is 388 g/mol. The molecule has 5 atom stereocenters. The molecule has 0 spiro atoms. The van der Waals surface area contributed by atoms with E-state index in [4.69, 9.17) is 23.4 Å². The van der Waals surface area contributed by atoms with Crippen LogP contribution in [-0.4, -0.2) is 61.6 Å². The van der Waals surface area contributed by atoms with Crippen molar-refractivity contribution in [3.8, 4) is 0 Å². The Labute approximate surface area is 158 Å². The third-order valence-corrected chi connectivity index (χ3v) is 10.8. The van der Waals surface area contributed by atoms with Crippen molar-refractivity contribution in [3.63, 3.8) is 0 Å². The first-order valence-corrected chi connectivity index (χ1v) is 12.5.